The van der Waals surface area contributed by atoms with Gasteiger partial charge in [0, 0.05) is 45.0 Å². The molecule has 0 spiro atoms. The van der Waals surface area contributed by atoms with Gasteiger partial charge in [-0.2, -0.15) is 0 Å². The Hall–Kier alpha value is -2.30. The van der Waals surface area contributed by atoms with Crippen LogP contribution in [0, 0.1) is 0 Å². The van der Waals surface area contributed by atoms with Crippen LogP contribution in [-0.2, 0) is 13.0 Å². The zero-order valence-electron chi connectivity index (χ0n) is 16.4. The lowest BCUT2D eigenvalue weighted by molar-refractivity contribution is 0.546. The minimum absolute atomic E-state index is 0.438. The van der Waals surface area contributed by atoms with E-state index in [-0.39, 0.29) is 0 Å². The third kappa shape index (κ3) is 6.90. The molecule has 0 aliphatic carbocycles. The van der Waals surface area contributed by atoms with Crippen LogP contribution in [0.3, 0.4) is 0 Å². The van der Waals surface area contributed by atoms with Gasteiger partial charge in [0.2, 0.25) is 0 Å². The molecule has 2 rings (SSSR count). The summed E-state index contributed by atoms with van der Waals surface area (Å²) in [6.45, 7) is 6.13. The molecule has 2 aromatic rings. The van der Waals surface area contributed by atoms with Gasteiger partial charge in [-0.25, -0.2) is 4.98 Å². The number of imidazole rings is 1. The lowest BCUT2D eigenvalue weighted by Crippen LogP contribution is -2.43. The van der Waals surface area contributed by atoms with Crippen LogP contribution in [0.5, 0.6) is 0 Å². The maximum absolute atomic E-state index is 4.51. The second-order valence-electron chi connectivity index (χ2n) is 6.75. The highest BCUT2D eigenvalue weighted by molar-refractivity contribution is 5.79. The van der Waals surface area contributed by atoms with E-state index in [0.29, 0.717) is 6.04 Å². The van der Waals surface area contributed by atoms with E-state index in [2.05, 4.69) is 63.3 Å². The van der Waals surface area contributed by atoms with Gasteiger partial charge in [-0.1, -0.05) is 56.5 Å². The first-order valence-corrected chi connectivity index (χ1v) is 9.74. The van der Waals surface area contributed by atoms with Gasteiger partial charge in [0.15, 0.2) is 5.96 Å². The average Bonchev–Trinajstić information content (AvgIpc) is 3.09. The standard InChI is InChI=1S/C21H33N5/c1-4-5-7-10-18(2)25-21(22-3)24-14-13-20-23-15-16-26(20)17-19-11-8-6-9-12-19/h6,8-9,11-12,15-16,18H,4-5,7,10,13-14,17H2,1-3H3,(H2,22,24,25). The highest BCUT2D eigenvalue weighted by Gasteiger charge is 2.07. The molecular formula is C21H33N5. The van der Waals surface area contributed by atoms with Gasteiger partial charge in [0.25, 0.3) is 0 Å². The van der Waals surface area contributed by atoms with E-state index in [9.17, 15) is 0 Å². The molecule has 0 fully saturated rings. The highest BCUT2D eigenvalue weighted by Crippen LogP contribution is 2.06. The van der Waals surface area contributed by atoms with E-state index in [1.165, 1.54) is 31.2 Å². The molecule has 0 aliphatic rings. The summed E-state index contributed by atoms with van der Waals surface area (Å²) in [7, 11) is 1.82. The molecule has 1 unspecified atom stereocenters. The first kappa shape index (κ1) is 20.0. The number of guanidine groups is 1. The van der Waals surface area contributed by atoms with Crippen LogP contribution in [0.1, 0.15) is 50.9 Å². The molecule has 0 amide bonds. The summed E-state index contributed by atoms with van der Waals surface area (Å²) in [5, 5.41) is 6.88. The minimum Gasteiger partial charge on any atom is -0.356 e. The zero-order valence-corrected chi connectivity index (χ0v) is 16.4. The Morgan fingerprint density at radius 2 is 2.04 bits per heavy atom. The van der Waals surface area contributed by atoms with E-state index in [0.717, 1.165) is 31.3 Å². The monoisotopic (exact) mass is 355 g/mol. The van der Waals surface area contributed by atoms with E-state index in [1.54, 1.807) is 0 Å². The number of benzene rings is 1. The van der Waals surface area contributed by atoms with Gasteiger partial charge in [-0.3, -0.25) is 4.99 Å². The molecule has 142 valence electrons. The lowest BCUT2D eigenvalue weighted by Gasteiger charge is -2.18. The molecule has 2 N–H and O–H groups in total. The molecule has 1 atom stereocenters. The van der Waals surface area contributed by atoms with Gasteiger partial charge in [0.1, 0.15) is 5.82 Å². The fraction of sp³-hybridized carbons (Fsp3) is 0.524. The molecule has 0 aliphatic heterocycles. The third-order valence-electron chi connectivity index (χ3n) is 4.49. The van der Waals surface area contributed by atoms with Crippen LogP contribution in [0.25, 0.3) is 0 Å². The number of aliphatic imine (C=N–C) groups is 1. The second-order valence-corrected chi connectivity index (χ2v) is 6.75. The van der Waals surface area contributed by atoms with Crippen LogP contribution in [0.15, 0.2) is 47.7 Å². The topological polar surface area (TPSA) is 54.2 Å². The lowest BCUT2D eigenvalue weighted by atomic mass is 10.1. The Morgan fingerprint density at radius 1 is 1.23 bits per heavy atom. The number of rotatable bonds is 10. The fourth-order valence-electron chi connectivity index (χ4n) is 2.99. The SMILES string of the molecule is CCCCCC(C)NC(=NC)NCCc1nccn1Cc1ccccc1. The maximum Gasteiger partial charge on any atom is 0.191 e. The largest absolute Gasteiger partial charge is 0.356 e. The van der Waals surface area contributed by atoms with E-state index in [1.807, 2.05) is 25.5 Å². The van der Waals surface area contributed by atoms with Crippen molar-refractivity contribution < 1.29 is 0 Å². The number of hydrogen-bond donors (Lipinski definition) is 2. The van der Waals surface area contributed by atoms with Crippen molar-refractivity contribution in [2.75, 3.05) is 13.6 Å². The summed E-state index contributed by atoms with van der Waals surface area (Å²) < 4.78 is 2.21. The molecule has 1 aromatic carbocycles. The van der Waals surface area contributed by atoms with Crippen molar-refractivity contribution in [1.82, 2.24) is 20.2 Å². The molecule has 0 radical (unpaired) electrons. The van der Waals surface area contributed by atoms with Crippen molar-refractivity contribution >= 4 is 5.96 Å². The Bertz CT molecular complexity index is 647. The molecule has 1 aromatic heterocycles. The van der Waals surface area contributed by atoms with Crippen LogP contribution in [-0.4, -0.2) is 35.1 Å². The van der Waals surface area contributed by atoms with E-state index in [4.69, 9.17) is 0 Å². The van der Waals surface area contributed by atoms with Gasteiger partial charge < -0.3 is 15.2 Å². The van der Waals surface area contributed by atoms with E-state index < -0.39 is 0 Å². The first-order chi connectivity index (χ1) is 12.7. The molecule has 0 saturated heterocycles. The Labute approximate surface area is 158 Å². The number of unbranched alkanes of at least 4 members (excludes halogenated alkanes) is 2. The van der Waals surface area contributed by atoms with Gasteiger partial charge in [0.05, 0.1) is 0 Å². The van der Waals surface area contributed by atoms with Crippen molar-refractivity contribution in [3.63, 3.8) is 0 Å². The van der Waals surface area contributed by atoms with Gasteiger partial charge in [-0.05, 0) is 18.9 Å². The Kier molecular flexibility index (Phi) is 8.73. The van der Waals surface area contributed by atoms with Crippen molar-refractivity contribution in [1.29, 1.82) is 0 Å². The summed E-state index contributed by atoms with van der Waals surface area (Å²) in [5.41, 5.74) is 1.29. The highest BCUT2D eigenvalue weighted by atomic mass is 15.2. The summed E-state index contributed by atoms with van der Waals surface area (Å²) >= 11 is 0. The van der Waals surface area contributed by atoms with Crippen molar-refractivity contribution in [2.24, 2.45) is 4.99 Å². The number of nitrogens with one attached hydrogen (secondary N) is 2. The van der Waals surface area contributed by atoms with Gasteiger partial charge >= 0.3 is 0 Å². The Balaban J connectivity index is 1.77. The van der Waals surface area contributed by atoms with Crippen molar-refractivity contribution in [3.8, 4) is 0 Å². The van der Waals surface area contributed by atoms with Crippen LogP contribution in [0.4, 0.5) is 0 Å². The summed E-state index contributed by atoms with van der Waals surface area (Å²) in [4.78, 5) is 8.84. The fourth-order valence-corrected chi connectivity index (χ4v) is 2.99. The molecule has 5 heteroatoms. The summed E-state index contributed by atoms with van der Waals surface area (Å²) in [6.07, 6.45) is 9.78. The molecule has 5 nitrogen and oxygen atoms in total. The van der Waals surface area contributed by atoms with Crippen LogP contribution in [0.2, 0.25) is 0 Å². The molecule has 0 bridgehead atoms. The predicted octanol–water partition coefficient (Wildman–Crippen LogP) is 3.61. The van der Waals surface area contributed by atoms with Crippen molar-refractivity contribution in [3.05, 3.63) is 54.1 Å². The second kappa shape index (κ2) is 11.3. The molecule has 26 heavy (non-hydrogen) atoms. The maximum atomic E-state index is 4.51. The van der Waals surface area contributed by atoms with Crippen LogP contribution < -0.4 is 10.6 Å². The van der Waals surface area contributed by atoms with Crippen LogP contribution >= 0.6 is 0 Å². The number of aromatic nitrogens is 2. The normalized spacial score (nSPS) is 12.8. The zero-order chi connectivity index (χ0) is 18.6. The first-order valence-electron chi connectivity index (χ1n) is 9.74. The number of hydrogen-bond acceptors (Lipinski definition) is 2. The third-order valence-corrected chi connectivity index (χ3v) is 4.49. The Morgan fingerprint density at radius 3 is 2.77 bits per heavy atom. The quantitative estimate of drug-likeness (QED) is 0.389. The van der Waals surface area contributed by atoms with Gasteiger partial charge in [-0.15, -0.1) is 0 Å². The molecule has 1 heterocycles. The number of nitrogens with zero attached hydrogens (tertiary/aromatic N) is 3. The van der Waals surface area contributed by atoms with E-state index >= 15 is 0 Å². The molecular weight excluding hydrogens is 322 g/mol. The summed E-state index contributed by atoms with van der Waals surface area (Å²) in [6, 6.07) is 10.9. The molecule has 0 saturated carbocycles. The predicted molar refractivity (Wildman–Crippen MR) is 110 cm³/mol. The average molecular weight is 356 g/mol. The van der Waals surface area contributed by atoms with Crippen molar-refractivity contribution in [2.45, 2.75) is 58.5 Å². The smallest absolute Gasteiger partial charge is 0.191 e. The minimum atomic E-state index is 0.438. The summed E-state index contributed by atoms with van der Waals surface area (Å²) in [5.74, 6) is 1.96.